The average Bonchev–Trinajstić information content (AvgIpc) is 2.18. The van der Waals surface area contributed by atoms with Crippen LogP contribution in [-0.4, -0.2) is 12.1 Å². The Hall–Kier alpha value is -1.64. The largest absolute Gasteiger partial charge is 0.481 e. The van der Waals surface area contributed by atoms with E-state index in [1.54, 1.807) is 18.2 Å². The van der Waals surface area contributed by atoms with Crippen LogP contribution >= 0.6 is 0 Å². The van der Waals surface area contributed by atoms with Crippen molar-refractivity contribution in [3.05, 3.63) is 36.1 Å². The molecule has 13 heavy (non-hydrogen) atoms. The summed E-state index contributed by atoms with van der Waals surface area (Å²) in [7, 11) is 1.50. The summed E-state index contributed by atoms with van der Waals surface area (Å²) in [4.78, 5) is 3.98. The van der Waals surface area contributed by atoms with Crippen LogP contribution in [0.4, 0.5) is 4.39 Å². The van der Waals surface area contributed by atoms with E-state index in [9.17, 15) is 4.39 Å². The molecular weight excluding hydrogens is 169 g/mol. The quantitative estimate of drug-likeness (QED) is 0.664. The molecule has 0 fully saturated rings. The summed E-state index contributed by atoms with van der Waals surface area (Å²) < 4.78 is 18.0. The van der Waals surface area contributed by atoms with E-state index in [0.29, 0.717) is 11.4 Å². The lowest BCUT2D eigenvalue weighted by atomic mass is 10.2. The van der Waals surface area contributed by atoms with E-state index in [2.05, 4.69) is 11.1 Å². The van der Waals surface area contributed by atoms with Crippen LogP contribution in [0.3, 0.4) is 0 Å². The lowest BCUT2D eigenvalue weighted by Gasteiger charge is -2.01. The first-order valence-electron chi connectivity index (χ1n) is 3.81. The van der Waals surface area contributed by atoms with Crippen molar-refractivity contribution in [1.82, 2.24) is 4.98 Å². The minimum atomic E-state index is -0.378. The molecule has 2 aromatic rings. The Balaban J connectivity index is 2.74. The highest BCUT2D eigenvalue weighted by Gasteiger charge is 2.02. The first-order valence-corrected chi connectivity index (χ1v) is 3.81. The second-order valence-corrected chi connectivity index (χ2v) is 2.59. The summed E-state index contributed by atoms with van der Waals surface area (Å²) in [6, 6.07) is 9.07. The van der Waals surface area contributed by atoms with Gasteiger partial charge in [0.25, 0.3) is 0 Å². The SMILES string of the molecule is COc1ccc2c[c]cc(F)c2n1. The molecule has 1 radical (unpaired) electrons. The van der Waals surface area contributed by atoms with E-state index in [4.69, 9.17) is 4.74 Å². The van der Waals surface area contributed by atoms with E-state index < -0.39 is 0 Å². The molecule has 0 atom stereocenters. The molecule has 0 aliphatic heterocycles. The summed E-state index contributed by atoms with van der Waals surface area (Å²) in [5, 5.41) is 0.723. The van der Waals surface area contributed by atoms with Gasteiger partial charge in [0.2, 0.25) is 5.88 Å². The van der Waals surface area contributed by atoms with Crippen molar-refractivity contribution in [3.63, 3.8) is 0 Å². The fourth-order valence-electron chi connectivity index (χ4n) is 1.15. The second-order valence-electron chi connectivity index (χ2n) is 2.59. The monoisotopic (exact) mass is 176 g/mol. The zero-order chi connectivity index (χ0) is 9.26. The van der Waals surface area contributed by atoms with E-state index >= 15 is 0 Å². The minimum absolute atomic E-state index is 0.318. The molecule has 0 spiro atoms. The molecule has 2 rings (SSSR count). The Morgan fingerprint density at radius 1 is 1.38 bits per heavy atom. The molecule has 0 saturated carbocycles. The van der Waals surface area contributed by atoms with E-state index in [1.165, 1.54) is 13.2 Å². The Morgan fingerprint density at radius 2 is 2.23 bits per heavy atom. The first kappa shape index (κ1) is 7.98. The van der Waals surface area contributed by atoms with Gasteiger partial charge in [-0.1, -0.05) is 0 Å². The highest BCUT2D eigenvalue weighted by Crippen LogP contribution is 2.18. The van der Waals surface area contributed by atoms with E-state index in [-0.39, 0.29) is 5.82 Å². The summed E-state index contributed by atoms with van der Waals surface area (Å²) >= 11 is 0. The fourth-order valence-corrected chi connectivity index (χ4v) is 1.15. The predicted octanol–water partition coefficient (Wildman–Crippen LogP) is 2.18. The second kappa shape index (κ2) is 3.01. The van der Waals surface area contributed by atoms with Crippen LogP contribution in [0.2, 0.25) is 0 Å². The smallest absolute Gasteiger partial charge is 0.213 e. The third kappa shape index (κ3) is 1.33. The molecule has 1 aromatic carbocycles. The molecule has 0 aliphatic rings. The Kier molecular flexibility index (Phi) is 1.85. The third-order valence-electron chi connectivity index (χ3n) is 1.79. The van der Waals surface area contributed by atoms with Gasteiger partial charge in [0, 0.05) is 11.5 Å². The highest BCUT2D eigenvalue weighted by atomic mass is 19.1. The number of rotatable bonds is 1. The van der Waals surface area contributed by atoms with Gasteiger partial charge in [-0.3, -0.25) is 0 Å². The van der Waals surface area contributed by atoms with Crippen molar-refractivity contribution in [2.75, 3.05) is 7.11 Å². The van der Waals surface area contributed by atoms with Crippen LogP contribution in [0.1, 0.15) is 0 Å². The zero-order valence-electron chi connectivity index (χ0n) is 7.04. The summed E-state index contributed by atoms with van der Waals surface area (Å²) in [6.45, 7) is 0. The molecule has 0 bridgehead atoms. The van der Waals surface area contributed by atoms with Gasteiger partial charge in [-0.05, 0) is 24.3 Å². The van der Waals surface area contributed by atoms with Crippen LogP contribution in [-0.2, 0) is 0 Å². The van der Waals surface area contributed by atoms with Crippen LogP contribution in [0, 0.1) is 11.9 Å². The molecule has 0 aliphatic carbocycles. The van der Waals surface area contributed by atoms with Crippen LogP contribution in [0.5, 0.6) is 5.88 Å². The first-order chi connectivity index (χ1) is 6.31. The Labute approximate surface area is 75.0 Å². The minimum Gasteiger partial charge on any atom is -0.481 e. The number of fused-ring (bicyclic) bond motifs is 1. The Bertz CT molecular complexity index is 442. The normalized spacial score (nSPS) is 10.3. The topological polar surface area (TPSA) is 22.1 Å². The van der Waals surface area contributed by atoms with Crippen molar-refractivity contribution in [3.8, 4) is 5.88 Å². The summed E-state index contributed by atoms with van der Waals surface area (Å²) in [5.41, 5.74) is 0.318. The standard InChI is InChI=1S/C10H7FNO/c1-13-9-6-5-7-3-2-4-8(11)10(7)12-9/h3-6H,1H3. The van der Waals surface area contributed by atoms with Gasteiger partial charge in [0.05, 0.1) is 7.11 Å². The van der Waals surface area contributed by atoms with Crippen molar-refractivity contribution < 1.29 is 9.13 Å². The molecule has 1 aromatic heterocycles. The van der Waals surface area contributed by atoms with Crippen LogP contribution in [0.25, 0.3) is 10.9 Å². The number of halogens is 1. The van der Waals surface area contributed by atoms with E-state index in [0.717, 1.165) is 5.39 Å². The molecule has 3 heteroatoms. The van der Waals surface area contributed by atoms with Crippen LogP contribution in [0.15, 0.2) is 24.3 Å². The maximum Gasteiger partial charge on any atom is 0.213 e. The number of methoxy groups -OCH3 is 1. The van der Waals surface area contributed by atoms with Gasteiger partial charge in [-0.15, -0.1) is 0 Å². The average molecular weight is 176 g/mol. The number of pyridine rings is 1. The summed E-state index contributed by atoms with van der Waals surface area (Å²) in [6.07, 6.45) is 0. The van der Waals surface area contributed by atoms with Gasteiger partial charge in [0.1, 0.15) is 11.3 Å². The number of nitrogens with zero attached hydrogens (tertiary/aromatic N) is 1. The lowest BCUT2D eigenvalue weighted by Crippen LogP contribution is -1.89. The zero-order valence-corrected chi connectivity index (χ0v) is 7.04. The van der Waals surface area contributed by atoms with Crippen molar-refractivity contribution in [2.45, 2.75) is 0 Å². The maximum atomic E-state index is 13.2. The van der Waals surface area contributed by atoms with Gasteiger partial charge in [0.15, 0.2) is 0 Å². The van der Waals surface area contributed by atoms with Gasteiger partial charge < -0.3 is 4.74 Å². The van der Waals surface area contributed by atoms with Crippen LogP contribution < -0.4 is 4.74 Å². The fraction of sp³-hybridized carbons (Fsp3) is 0.100. The highest BCUT2D eigenvalue weighted by molar-refractivity contribution is 5.79. The molecule has 0 unspecified atom stereocenters. The molecule has 2 nitrogen and oxygen atoms in total. The molecule has 1 heterocycles. The Morgan fingerprint density at radius 3 is 3.00 bits per heavy atom. The van der Waals surface area contributed by atoms with Gasteiger partial charge >= 0.3 is 0 Å². The van der Waals surface area contributed by atoms with Gasteiger partial charge in [-0.2, -0.15) is 0 Å². The molecule has 0 N–H and O–H groups in total. The number of hydrogen-bond acceptors (Lipinski definition) is 2. The van der Waals surface area contributed by atoms with Crippen molar-refractivity contribution in [2.24, 2.45) is 0 Å². The van der Waals surface area contributed by atoms with Crippen molar-refractivity contribution >= 4 is 10.9 Å². The predicted molar refractivity (Wildman–Crippen MR) is 47.1 cm³/mol. The molecular formula is C10H7FNO. The third-order valence-corrected chi connectivity index (χ3v) is 1.79. The summed E-state index contributed by atoms with van der Waals surface area (Å²) in [5.74, 6) is 0.0361. The number of ether oxygens (including phenoxy) is 1. The lowest BCUT2D eigenvalue weighted by molar-refractivity contribution is 0.399. The van der Waals surface area contributed by atoms with E-state index in [1.807, 2.05) is 0 Å². The molecule has 0 amide bonds. The number of benzene rings is 1. The van der Waals surface area contributed by atoms with Gasteiger partial charge in [-0.25, -0.2) is 9.37 Å². The number of hydrogen-bond donors (Lipinski definition) is 0. The molecule has 0 saturated heterocycles. The number of aromatic nitrogens is 1. The van der Waals surface area contributed by atoms with Crippen molar-refractivity contribution in [1.29, 1.82) is 0 Å². The maximum absolute atomic E-state index is 13.2. The molecule has 65 valence electrons.